The zero-order valence-corrected chi connectivity index (χ0v) is 16.6. The Morgan fingerprint density at radius 3 is 2.39 bits per heavy atom. The van der Waals surface area contributed by atoms with Crippen molar-refractivity contribution in [3.8, 4) is 0 Å². The maximum atomic E-state index is 12.7. The third-order valence-corrected chi connectivity index (χ3v) is 4.62. The van der Waals surface area contributed by atoms with Crippen LogP contribution in [0.3, 0.4) is 0 Å². The van der Waals surface area contributed by atoms with E-state index in [2.05, 4.69) is 21.1 Å². The van der Waals surface area contributed by atoms with E-state index in [0.29, 0.717) is 23.6 Å². The van der Waals surface area contributed by atoms with Crippen molar-refractivity contribution in [2.45, 2.75) is 46.5 Å². The van der Waals surface area contributed by atoms with Crippen LogP contribution in [0.5, 0.6) is 0 Å². The fourth-order valence-electron chi connectivity index (χ4n) is 2.64. The van der Waals surface area contributed by atoms with Gasteiger partial charge in [0.15, 0.2) is 5.82 Å². The number of anilines is 3. The summed E-state index contributed by atoms with van der Waals surface area (Å²) in [5, 5.41) is 11.9. The minimum absolute atomic E-state index is 0.0829. The number of hydrogen-bond acceptors (Lipinski definition) is 5. The molecule has 0 fully saturated rings. The van der Waals surface area contributed by atoms with Gasteiger partial charge in [-0.1, -0.05) is 32.0 Å². The van der Waals surface area contributed by atoms with Crippen LogP contribution in [-0.2, 0) is 26.2 Å². The summed E-state index contributed by atoms with van der Waals surface area (Å²) >= 11 is 0. The number of nitrogens with one attached hydrogen (secondary N) is 3. The Hall–Kier alpha value is -3.16. The van der Waals surface area contributed by atoms with Crippen molar-refractivity contribution in [3.05, 3.63) is 35.6 Å². The highest BCUT2D eigenvalue weighted by atomic mass is 16.5. The zero-order chi connectivity index (χ0) is 20.7. The summed E-state index contributed by atoms with van der Waals surface area (Å²) < 4.78 is 5.25. The molecule has 1 aromatic carbocycles. The molecular weight excluding hydrogens is 360 g/mol. The first-order valence-corrected chi connectivity index (χ1v) is 9.00. The van der Waals surface area contributed by atoms with Crippen LogP contribution in [0.2, 0.25) is 0 Å². The lowest BCUT2D eigenvalue weighted by Crippen LogP contribution is -2.41. The molecule has 0 saturated carbocycles. The Morgan fingerprint density at radius 2 is 1.75 bits per heavy atom. The SMILES string of the molecule is CC(C)(C(=O)Nc1ccc2c(c1)NC(=O)C2)C(=O)Nc1cc(C(C)(C)C)on1. The third kappa shape index (κ3) is 3.90. The average Bonchev–Trinajstić information content (AvgIpc) is 3.19. The fourth-order valence-corrected chi connectivity index (χ4v) is 2.64. The number of carbonyl (C=O) groups excluding carboxylic acids is 3. The fraction of sp³-hybridized carbons (Fsp3) is 0.400. The van der Waals surface area contributed by atoms with E-state index in [1.165, 1.54) is 13.8 Å². The molecule has 0 bridgehead atoms. The summed E-state index contributed by atoms with van der Waals surface area (Å²) in [6, 6.07) is 6.81. The molecule has 28 heavy (non-hydrogen) atoms. The second kappa shape index (κ2) is 6.78. The zero-order valence-electron chi connectivity index (χ0n) is 16.6. The standard InChI is InChI=1S/C20H24N4O4/c1-19(2,3)14-10-15(24-28-14)23-18(27)20(4,5)17(26)21-12-7-6-11-8-16(25)22-13(11)9-12/h6-7,9-10H,8H2,1-5H3,(H,21,26)(H,22,25)(H,23,24,27). The summed E-state index contributed by atoms with van der Waals surface area (Å²) in [5.74, 6) is -0.177. The lowest BCUT2D eigenvalue weighted by atomic mass is 9.90. The van der Waals surface area contributed by atoms with Crippen LogP contribution in [0, 0.1) is 5.41 Å². The van der Waals surface area contributed by atoms with Gasteiger partial charge in [0.05, 0.1) is 6.42 Å². The van der Waals surface area contributed by atoms with Gasteiger partial charge in [-0.25, -0.2) is 0 Å². The number of rotatable bonds is 4. The van der Waals surface area contributed by atoms with E-state index in [9.17, 15) is 14.4 Å². The van der Waals surface area contributed by atoms with Crippen LogP contribution in [0.4, 0.5) is 17.2 Å². The summed E-state index contributed by atoms with van der Waals surface area (Å²) in [7, 11) is 0. The number of amides is 3. The predicted molar refractivity (Wildman–Crippen MR) is 105 cm³/mol. The molecule has 2 heterocycles. The molecular formula is C20H24N4O4. The Morgan fingerprint density at radius 1 is 1.07 bits per heavy atom. The Balaban J connectivity index is 1.68. The molecule has 0 atom stereocenters. The van der Waals surface area contributed by atoms with Crippen molar-refractivity contribution in [3.63, 3.8) is 0 Å². The van der Waals surface area contributed by atoms with Crippen molar-refractivity contribution in [2.24, 2.45) is 5.41 Å². The highest BCUT2D eigenvalue weighted by Crippen LogP contribution is 2.29. The number of benzene rings is 1. The van der Waals surface area contributed by atoms with Gasteiger partial charge in [0.1, 0.15) is 11.2 Å². The van der Waals surface area contributed by atoms with Gasteiger partial charge in [-0.05, 0) is 31.5 Å². The molecule has 1 aliphatic heterocycles. The molecule has 0 saturated heterocycles. The van der Waals surface area contributed by atoms with Gasteiger partial charge in [0.2, 0.25) is 17.7 Å². The normalized spacial score (nSPS) is 13.7. The van der Waals surface area contributed by atoms with E-state index in [4.69, 9.17) is 4.52 Å². The average molecular weight is 384 g/mol. The lowest BCUT2D eigenvalue weighted by Gasteiger charge is -2.22. The van der Waals surface area contributed by atoms with Gasteiger partial charge < -0.3 is 20.5 Å². The number of hydrogen-bond donors (Lipinski definition) is 3. The third-order valence-electron chi connectivity index (χ3n) is 4.62. The molecule has 1 aliphatic rings. The van der Waals surface area contributed by atoms with E-state index < -0.39 is 17.2 Å². The molecule has 8 nitrogen and oxygen atoms in total. The molecule has 8 heteroatoms. The van der Waals surface area contributed by atoms with E-state index >= 15 is 0 Å². The molecule has 3 amide bonds. The van der Waals surface area contributed by atoms with Gasteiger partial charge in [-0.2, -0.15) is 0 Å². The van der Waals surface area contributed by atoms with E-state index in [0.717, 1.165) is 5.56 Å². The second-order valence-electron chi connectivity index (χ2n) is 8.46. The number of carbonyl (C=O) groups is 3. The summed E-state index contributed by atoms with van der Waals surface area (Å²) in [4.78, 5) is 36.8. The molecule has 148 valence electrons. The van der Waals surface area contributed by atoms with Gasteiger partial charge in [-0.15, -0.1) is 0 Å². The summed E-state index contributed by atoms with van der Waals surface area (Å²) in [6.07, 6.45) is 0.325. The number of nitrogens with zero attached hydrogens (tertiary/aromatic N) is 1. The maximum Gasteiger partial charge on any atom is 0.240 e. The predicted octanol–water partition coefficient (Wildman–Crippen LogP) is 3.07. The monoisotopic (exact) mass is 384 g/mol. The first-order chi connectivity index (χ1) is 13.0. The molecule has 1 aromatic heterocycles. The highest BCUT2D eigenvalue weighted by molar-refractivity contribution is 6.14. The van der Waals surface area contributed by atoms with Crippen LogP contribution >= 0.6 is 0 Å². The van der Waals surface area contributed by atoms with Crippen molar-refractivity contribution < 1.29 is 18.9 Å². The van der Waals surface area contributed by atoms with E-state index in [1.807, 2.05) is 20.8 Å². The molecule has 3 rings (SSSR count). The van der Waals surface area contributed by atoms with Gasteiger partial charge >= 0.3 is 0 Å². The summed E-state index contributed by atoms with van der Waals surface area (Å²) in [6.45, 7) is 8.95. The largest absolute Gasteiger partial charge is 0.359 e. The molecule has 3 N–H and O–H groups in total. The highest BCUT2D eigenvalue weighted by Gasteiger charge is 2.37. The van der Waals surface area contributed by atoms with Crippen molar-refractivity contribution in [1.29, 1.82) is 0 Å². The smallest absolute Gasteiger partial charge is 0.240 e. The van der Waals surface area contributed by atoms with Crippen LogP contribution < -0.4 is 16.0 Å². The van der Waals surface area contributed by atoms with E-state index in [-0.39, 0.29) is 17.1 Å². The summed E-state index contributed by atoms with van der Waals surface area (Å²) in [5.41, 5.74) is 0.445. The second-order valence-corrected chi connectivity index (χ2v) is 8.46. The Bertz CT molecular complexity index is 953. The lowest BCUT2D eigenvalue weighted by molar-refractivity contribution is -0.135. The minimum Gasteiger partial charge on any atom is -0.359 e. The van der Waals surface area contributed by atoms with Crippen molar-refractivity contribution in [2.75, 3.05) is 16.0 Å². The molecule has 0 unspecified atom stereocenters. The number of fused-ring (bicyclic) bond motifs is 1. The minimum atomic E-state index is -1.36. The number of aromatic nitrogens is 1. The first-order valence-electron chi connectivity index (χ1n) is 9.00. The molecule has 2 aromatic rings. The topological polar surface area (TPSA) is 113 Å². The van der Waals surface area contributed by atoms with Crippen LogP contribution in [0.15, 0.2) is 28.8 Å². The quantitative estimate of drug-likeness (QED) is 0.701. The van der Waals surface area contributed by atoms with Crippen molar-refractivity contribution in [1.82, 2.24) is 5.16 Å². The van der Waals surface area contributed by atoms with Gasteiger partial charge in [0, 0.05) is 22.9 Å². The van der Waals surface area contributed by atoms with Gasteiger partial charge in [0.25, 0.3) is 0 Å². The van der Waals surface area contributed by atoms with Gasteiger partial charge in [-0.3, -0.25) is 14.4 Å². The molecule has 0 spiro atoms. The molecule has 0 aliphatic carbocycles. The van der Waals surface area contributed by atoms with Crippen molar-refractivity contribution >= 4 is 34.9 Å². The van der Waals surface area contributed by atoms with Crippen LogP contribution in [0.25, 0.3) is 0 Å². The molecule has 0 radical (unpaired) electrons. The van der Waals surface area contributed by atoms with E-state index in [1.54, 1.807) is 24.3 Å². The maximum absolute atomic E-state index is 12.7. The van der Waals surface area contributed by atoms with Crippen LogP contribution in [-0.4, -0.2) is 22.9 Å². The Labute approximate surface area is 163 Å². The van der Waals surface area contributed by atoms with Crippen LogP contribution in [0.1, 0.15) is 45.9 Å². The Kier molecular flexibility index (Phi) is 4.74. The first kappa shape index (κ1) is 19.6.